The molecule has 2 aromatic carbocycles. The highest BCUT2D eigenvalue weighted by molar-refractivity contribution is 5.95. The molecule has 1 fully saturated rings. The Morgan fingerprint density at radius 1 is 1.09 bits per heavy atom. The van der Waals surface area contributed by atoms with Gasteiger partial charge in [0, 0.05) is 29.7 Å². The molecule has 2 amide bonds. The fourth-order valence-corrected chi connectivity index (χ4v) is 4.61. The Morgan fingerprint density at radius 3 is 2.71 bits per heavy atom. The summed E-state index contributed by atoms with van der Waals surface area (Å²) in [6, 6.07) is 14.3. The molecular formula is C25H29N7O2. The summed E-state index contributed by atoms with van der Waals surface area (Å²) in [6.45, 7) is 5.96. The van der Waals surface area contributed by atoms with Gasteiger partial charge in [-0.3, -0.25) is 14.5 Å². The molecule has 2 aliphatic heterocycles. The largest absolute Gasteiger partial charge is 0.399 e. The molecule has 5 rings (SSSR count). The number of rotatable bonds is 2. The van der Waals surface area contributed by atoms with E-state index in [-0.39, 0.29) is 23.9 Å². The molecule has 0 saturated carbocycles. The molecule has 9 nitrogen and oxygen atoms in total. The molecule has 1 saturated heterocycles. The normalized spacial score (nSPS) is 21.0. The lowest BCUT2D eigenvalue weighted by Crippen LogP contribution is -2.63. The van der Waals surface area contributed by atoms with Crippen LogP contribution < -0.4 is 16.4 Å². The highest BCUT2D eigenvalue weighted by atomic mass is 16.2. The van der Waals surface area contributed by atoms with Crippen molar-refractivity contribution in [3.05, 3.63) is 59.9 Å². The number of hydrogen-bond acceptors (Lipinski definition) is 7. The lowest BCUT2D eigenvalue weighted by Gasteiger charge is -2.42. The molecule has 9 heteroatoms. The van der Waals surface area contributed by atoms with Crippen LogP contribution in [0.15, 0.2) is 48.5 Å². The molecular weight excluding hydrogens is 430 g/mol. The molecule has 2 aliphatic rings. The minimum atomic E-state index is -0.480. The van der Waals surface area contributed by atoms with Gasteiger partial charge in [0.05, 0.1) is 18.6 Å². The Labute approximate surface area is 198 Å². The number of hydrogen-bond donors (Lipinski definition) is 3. The monoisotopic (exact) mass is 459 g/mol. The lowest BCUT2D eigenvalue weighted by atomic mass is 10.0. The molecule has 0 radical (unpaired) electrons. The second-order valence-corrected chi connectivity index (χ2v) is 9.24. The minimum Gasteiger partial charge on any atom is -0.399 e. The summed E-state index contributed by atoms with van der Waals surface area (Å²) < 4.78 is 0. The zero-order chi connectivity index (χ0) is 23.8. The number of para-hydroxylation sites is 1. The summed E-state index contributed by atoms with van der Waals surface area (Å²) in [5, 5.41) is 7.43. The number of nitrogens with zero attached hydrogens (tertiary/aromatic N) is 4. The third-order valence-electron chi connectivity index (χ3n) is 6.46. The van der Waals surface area contributed by atoms with Crippen LogP contribution in [-0.2, 0) is 11.3 Å². The van der Waals surface area contributed by atoms with E-state index in [0.29, 0.717) is 49.1 Å². The fraction of sp³-hybridized carbons (Fsp3) is 0.360. The molecule has 34 heavy (non-hydrogen) atoms. The van der Waals surface area contributed by atoms with Crippen LogP contribution in [0.1, 0.15) is 30.0 Å². The zero-order valence-electron chi connectivity index (χ0n) is 19.4. The van der Waals surface area contributed by atoms with Crippen LogP contribution in [0.25, 0.3) is 10.9 Å². The van der Waals surface area contributed by atoms with Crippen molar-refractivity contribution < 1.29 is 9.59 Å². The number of piperazine rings is 1. The number of carbonyl (C=O) groups is 2. The van der Waals surface area contributed by atoms with Gasteiger partial charge < -0.3 is 21.3 Å². The minimum absolute atomic E-state index is 0.0265. The zero-order valence-corrected chi connectivity index (χ0v) is 19.4. The van der Waals surface area contributed by atoms with Crippen molar-refractivity contribution in [3.8, 4) is 0 Å². The second kappa shape index (κ2) is 8.90. The SMILES string of the molecule is CC(C)[C@@H]1Nc2nc(nc3ccccc23)CN2CCN(C(=O)c3cccc(N)c3)CC2NC1=O. The second-order valence-electron chi connectivity index (χ2n) is 9.24. The third-order valence-corrected chi connectivity index (χ3v) is 6.46. The number of amides is 2. The van der Waals surface area contributed by atoms with E-state index < -0.39 is 6.04 Å². The number of nitrogens with two attached hydrogens (primary N) is 1. The van der Waals surface area contributed by atoms with Gasteiger partial charge in [-0.2, -0.15) is 0 Å². The summed E-state index contributed by atoms with van der Waals surface area (Å²) >= 11 is 0. The fourth-order valence-electron chi connectivity index (χ4n) is 4.61. The maximum Gasteiger partial charge on any atom is 0.254 e. The first-order chi connectivity index (χ1) is 16.4. The predicted molar refractivity (Wildman–Crippen MR) is 131 cm³/mol. The number of nitrogens with one attached hydrogen (secondary N) is 2. The molecule has 1 unspecified atom stereocenters. The topological polar surface area (TPSA) is 116 Å². The standard InChI is InChI=1S/C25H29N7O2/c1-15(2)22-24(33)29-21-14-32(25(34)16-6-5-7-17(26)12-16)11-10-31(21)13-20-27-19-9-4-3-8-18(19)23(28-20)30-22/h3-9,12,15,21-22H,10-11,13-14,26H2,1-2H3,(H,29,33)(H,27,28,30)/t21?,22-/m0/s1. The average Bonchev–Trinajstić information content (AvgIpc) is 2.82. The van der Waals surface area contributed by atoms with Crippen molar-refractivity contribution in [2.75, 3.05) is 30.7 Å². The summed E-state index contributed by atoms with van der Waals surface area (Å²) in [4.78, 5) is 40.0. The molecule has 4 N–H and O–H groups in total. The van der Waals surface area contributed by atoms with E-state index in [1.54, 1.807) is 29.2 Å². The highest BCUT2D eigenvalue weighted by Crippen LogP contribution is 2.25. The quantitative estimate of drug-likeness (QED) is 0.502. The van der Waals surface area contributed by atoms with E-state index in [4.69, 9.17) is 15.7 Å². The van der Waals surface area contributed by atoms with Crippen molar-refractivity contribution in [1.29, 1.82) is 0 Å². The van der Waals surface area contributed by atoms with Gasteiger partial charge in [-0.25, -0.2) is 9.97 Å². The summed E-state index contributed by atoms with van der Waals surface area (Å²) in [5.74, 6) is 1.16. The molecule has 2 atom stereocenters. The molecule has 2 bridgehead atoms. The van der Waals surface area contributed by atoms with E-state index in [1.807, 2.05) is 38.1 Å². The van der Waals surface area contributed by atoms with E-state index >= 15 is 0 Å². The van der Waals surface area contributed by atoms with Crippen LogP contribution in [0, 0.1) is 5.92 Å². The molecule has 1 aromatic heterocycles. The Morgan fingerprint density at radius 2 is 1.91 bits per heavy atom. The van der Waals surface area contributed by atoms with Crippen LogP contribution in [0.5, 0.6) is 0 Å². The Balaban J connectivity index is 1.48. The average molecular weight is 460 g/mol. The number of carbonyl (C=O) groups excluding carboxylic acids is 2. The molecule has 176 valence electrons. The van der Waals surface area contributed by atoms with Crippen molar-refractivity contribution in [2.24, 2.45) is 5.92 Å². The first-order valence-electron chi connectivity index (χ1n) is 11.6. The van der Waals surface area contributed by atoms with Crippen molar-refractivity contribution >= 4 is 34.2 Å². The maximum atomic E-state index is 13.4. The molecule has 3 heterocycles. The Bertz CT molecular complexity index is 1240. The van der Waals surface area contributed by atoms with Crippen LogP contribution in [0.4, 0.5) is 11.5 Å². The smallest absolute Gasteiger partial charge is 0.254 e. The number of fused-ring (bicyclic) bond motifs is 5. The molecule has 3 aromatic rings. The van der Waals surface area contributed by atoms with Gasteiger partial charge in [0.2, 0.25) is 5.91 Å². The molecule has 0 spiro atoms. The van der Waals surface area contributed by atoms with Gasteiger partial charge in [-0.15, -0.1) is 0 Å². The van der Waals surface area contributed by atoms with Gasteiger partial charge in [-0.1, -0.05) is 32.0 Å². The van der Waals surface area contributed by atoms with Gasteiger partial charge in [-0.05, 0) is 36.2 Å². The van der Waals surface area contributed by atoms with Gasteiger partial charge in [0.15, 0.2) is 0 Å². The van der Waals surface area contributed by atoms with Gasteiger partial charge in [0.25, 0.3) is 5.91 Å². The van der Waals surface area contributed by atoms with Crippen LogP contribution >= 0.6 is 0 Å². The number of anilines is 2. The molecule has 0 aliphatic carbocycles. The maximum absolute atomic E-state index is 13.4. The van der Waals surface area contributed by atoms with E-state index in [0.717, 1.165) is 10.9 Å². The first-order valence-corrected chi connectivity index (χ1v) is 11.6. The van der Waals surface area contributed by atoms with Crippen LogP contribution in [0.2, 0.25) is 0 Å². The Hall–Kier alpha value is -3.72. The van der Waals surface area contributed by atoms with Crippen LogP contribution in [0.3, 0.4) is 0 Å². The van der Waals surface area contributed by atoms with E-state index in [2.05, 4.69) is 15.5 Å². The lowest BCUT2D eigenvalue weighted by molar-refractivity contribution is -0.125. The number of nitrogen functional groups attached to an aromatic ring is 1. The van der Waals surface area contributed by atoms with Crippen molar-refractivity contribution in [2.45, 2.75) is 32.6 Å². The number of benzene rings is 2. The van der Waals surface area contributed by atoms with E-state index in [9.17, 15) is 9.59 Å². The third kappa shape index (κ3) is 4.26. The highest BCUT2D eigenvalue weighted by Gasteiger charge is 2.35. The summed E-state index contributed by atoms with van der Waals surface area (Å²) in [5.41, 5.74) is 7.81. The van der Waals surface area contributed by atoms with Crippen molar-refractivity contribution in [3.63, 3.8) is 0 Å². The van der Waals surface area contributed by atoms with Gasteiger partial charge in [0.1, 0.15) is 23.8 Å². The number of aromatic nitrogens is 2. The van der Waals surface area contributed by atoms with Gasteiger partial charge >= 0.3 is 0 Å². The van der Waals surface area contributed by atoms with E-state index in [1.165, 1.54) is 0 Å². The van der Waals surface area contributed by atoms with Crippen molar-refractivity contribution in [1.82, 2.24) is 25.1 Å². The van der Waals surface area contributed by atoms with Crippen LogP contribution in [-0.4, -0.2) is 63.4 Å². The predicted octanol–water partition coefficient (Wildman–Crippen LogP) is 2.06. The summed E-state index contributed by atoms with van der Waals surface area (Å²) in [6.07, 6.45) is -0.356. The summed E-state index contributed by atoms with van der Waals surface area (Å²) in [7, 11) is 0. The first kappa shape index (κ1) is 22.1. The Kier molecular flexibility index (Phi) is 5.79.